The van der Waals surface area contributed by atoms with Crippen molar-refractivity contribution in [2.45, 2.75) is 45.4 Å². The van der Waals surface area contributed by atoms with Gasteiger partial charge in [0.05, 0.1) is 16.9 Å². The van der Waals surface area contributed by atoms with Gasteiger partial charge in [0.2, 0.25) is 0 Å². The van der Waals surface area contributed by atoms with Gasteiger partial charge in [-0.2, -0.15) is 0 Å². The molecule has 0 aromatic carbocycles. The molecule has 1 aromatic rings. The van der Waals surface area contributed by atoms with Crippen molar-refractivity contribution in [3.05, 3.63) is 35.6 Å². The van der Waals surface area contributed by atoms with Gasteiger partial charge < -0.3 is 14.6 Å². The molecule has 1 aliphatic heterocycles. The van der Waals surface area contributed by atoms with E-state index in [0.717, 1.165) is 12.2 Å². The molecule has 2 heterocycles. The monoisotopic (exact) mass is 274 g/mol. The van der Waals surface area contributed by atoms with E-state index in [0.29, 0.717) is 0 Å². The Morgan fingerprint density at radius 3 is 2.35 bits per heavy atom. The van der Waals surface area contributed by atoms with Gasteiger partial charge in [-0.1, -0.05) is 12.0 Å². The minimum atomic E-state index is -0.321. The van der Waals surface area contributed by atoms with E-state index in [1.165, 1.54) is 5.56 Å². The molecular formula is C15H23BN2O2. The van der Waals surface area contributed by atoms with Crippen LogP contribution in [0.1, 0.15) is 39.0 Å². The van der Waals surface area contributed by atoms with Crippen LogP contribution in [0.2, 0.25) is 0 Å². The van der Waals surface area contributed by atoms with Crippen LogP contribution in [0.4, 0.5) is 0 Å². The predicted molar refractivity (Wildman–Crippen MR) is 82.1 cm³/mol. The zero-order valence-electron chi connectivity index (χ0n) is 12.9. The lowest BCUT2D eigenvalue weighted by molar-refractivity contribution is 0.00578. The Morgan fingerprint density at radius 2 is 1.85 bits per heavy atom. The highest BCUT2D eigenvalue weighted by molar-refractivity contribution is 6.52. The molecule has 1 N–H and O–H groups in total. The number of aromatic nitrogens is 1. The third-order valence-corrected chi connectivity index (χ3v) is 3.92. The summed E-state index contributed by atoms with van der Waals surface area (Å²) in [5, 5.41) is 3.10. The number of hydrogen-bond acceptors (Lipinski definition) is 4. The quantitative estimate of drug-likeness (QED) is 0.856. The molecule has 0 unspecified atom stereocenters. The van der Waals surface area contributed by atoms with E-state index in [2.05, 4.69) is 16.4 Å². The summed E-state index contributed by atoms with van der Waals surface area (Å²) in [5.41, 5.74) is 1.47. The van der Waals surface area contributed by atoms with E-state index in [9.17, 15) is 0 Å². The molecule has 108 valence electrons. The molecule has 0 atom stereocenters. The lowest BCUT2D eigenvalue weighted by Gasteiger charge is -2.32. The molecule has 0 aliphatic carbocycles. The molecule has 0 radical (unpaired) electrons. The molecule has 1 fully saturated rings. The Bertz CT molecular complexity index is 467. The molecule has 20 heavy (non-hydrogen) atoms. The second-order valence-electron chi connectivity index (χ2n) is 6.11. The molecule has 5 heteroatoms. The summed E-state index contributed by atoms with van der Waals surface area (Å²) in [4.78, 5) is 4.39. The average Bonchev–Trinajstić information content (AvgIpc) is 2.57. The van der Waals surface area contributed by atoms with Gasteiger partial charge in [-0.3, -0.25) is 4.98 Å². The van der Waals surface area contributed by atoms with Gasteiger partial charge in [0.15, 0.2) is 0 Å². The van der Waals surface area contributed by atoms with E-state index in [1.807, 2.05) is 59.1 Å². The number of nitrogens with zero attached hydrogens (tertiary/aromatic N) is 1. The fourth-order valence-corrected chi connectivity index (χ4v) is 1.99. The molecule has 1 aliphatic rings. The molecule has 0 saturated carbocycles. The maximum atomic E-state index is 5.90. The molecule has 0 spiro atoms. The average molecular weight is 274 g/mol. The first-order chi connectivity index (χ1) is 9.34. The van der Waals surface area contributed by atoms with Gasteiger partial charge in [-0.15, -0.1) is 0 Å². The zero-order chi connectivity index (χ0) is 14.8. The normalized spacial score (nSPS) is 20.8. The van der Waals surface area contributed by atoms with Crippen LogP contribution in [0.25, 0.3) is 6.08 Å². The summed E-state index contributed by atoms with van der Waals surface area (Å²) in [6.45, 7) is 9.02. The summed E-state index contributed by atoms with van der Waals surface area (Å²) in [7, 11) is 1.60. The van der Waals surface area contributed by atoms with Gasteiger partial charge >= 0.3 is 7.12 Å². The predicted octanol–water partition coefficient (Wildman–Crippen LogP) is 2.45. The lowest BCUT2D eigenvalue weighted by Crippen LogP contribution is -2.41. The number of rotatable bonds is 4. The third-order valence-electron chi connectivity index (χ3n) is 3.92. The first-order valence-electron chi connectivity index (χ1n) is 6.97. The van der Waals surface area contributed by atoms with E-state index in [4.69, 9.17) is 9.31 Å². The first-order valence-corrected chi connectivity index (χ1v) is 6.97. The number of nitrogens with one attached hydrogen (secondary N) is 1. The molecule has 2 rings (SSSR count). The molecule has 1 aromatic heterocycles. The second kappa shape index (κ2) is 5.68. The van der Waals surface area contributed by atoms with Crippen molar-refractivity contribution in [1.82, 2.24) is 10.3 Å². The second-order valence-corrected chi connectivity index (χ2v) is 6.11. The fourth-order valence-electron chi connectivity index (χ4n) is 1.99. The van der Waals surface area contributed by atoms with Crippen molar-refractivity contribution < 1.29 is 9.31 Å². The summed E-state index contributed by atoms with van der Waals surface area (Å²) in [6, 6.07) is 4.06. The minimum absolute atomic E-state index is 0.300. The van der Waals surface area contributed by atoms with Gasteiger partial charge in [0, 0.05) is 12.7 Å². The van der Waals surface area contributed by atoms with Gasteiger partial charge in [0.1, 0.15) is 0 Å². The van der Waals surface area contributed by atoms with Crippen LogP contribution in [-0.4, -0.2) is 30.4 Å². The molecule has 0 amide bonds. The van der Waals surface area contributed by atoms with Crippen molar-refractivity contribution in [3.63, 3.8) is 0 Å². The van der Waals surface area contributed by atoms with Crippen LogP contribution in [0.5, 0.6) is 0 Å². The van der Waals surface area contributed by atoms with E-state index in [-0.39, 0.29) is 18.3 Å². The lowest BCUT2D eigenvalue weighted by atomic mass is 9.89. The SMILES string of the molecule is CNCc1ccc(/C=C/B2OC(C)(C)C(C)(C)O2)nc1. The van der Waals surface area contributed by atoms with Gasteiger partial charge in [-0.05, 0) is 52.4 Å². The van der Waals surface area contributed by atoms with E-state index < -0.39 is 0 Å². The Labute approximate surface area is 121 Å². The van der Waals surface area contributed by atoms with Crippen LogP contribution in [0.3, 0.4) is 0 Å². The first kappa shape index (κ1) is 15.2. The van der Waals surface area contributed by atoms with Gasteiger partial charge in [-0.25, -0.2) is 0 Å². The topological polar surface area (TPSA) is 43.4 Å². The Kier molecular flexibility index (Phi) is 4.32. The van der Waals surface area contributed by atoms with Crippen LogP contribution < -0.4 is 5.32 Å². The molecular weight excluding hydrogens is 251 g/mol. The van der Waals surface area contributed by atoms with Crippen LogP contribution in [0, 0.1) is 0 Å². The molecule has 1 saturated heterocycles. The minimum Gasteiger partial charge on any atom is -0.400 e. The van der Waals surface area contributed by atoms with Crippen molar-refractivity contribution in [2.24, 2.45) is 0 Å². The van der Waals surface area contributed by atoms with Crippen LogP contribution >= 0.6 is 0 Å². The zero-order valence-corrected chi connectivity index (χ0v) is 12.9. The van der Waals surface area contributed by atoms with Crippen molar-refractivity contribution >= 4 is 13.2 Å². The standard InChI is InChI=1S/C15H23BN2O2/c1-14(2)15(3,4)20-16(19-14)9-8-13-7-6-12(10-17-5)11-18-13/h6-9,11,17H,10H2,1-5H3/b9-8+. The Hall–Kier alpha value is -1.17. The maximum Gasteiger partial charge on any atom is 0.487 e. The fraction of sp³-hybridized carbons (Fsp3) is 0.533. The maximum absolute atomic E-state index is 5.90. The third kappa shape index (κ3) is 3.29. The number of hydrogen-bond donors (Lipinski definition) is 1. The Morgan fingerprint density at radius 1 is 1.20 bits per heavy atom. The molecule has 0 bridgehead atoms. The molecule has 4 nitrogen and oxygen atoms in total. The summed E-state index contributed by atoms with van der Waals surface area (Å²) in [5.74, 6) is 1.91. The van der Waals surface area contributed by atoms with Crippen molar-refractivity contribution in [1.29, 1.82) is 0 Å². The van der Waals surface area contributed by atoms with E-state index >= 15 is 0 Å². The summed E-state index contributed by atoms with van der Waals surface area (Å²) in [6.07, 6.45) is 3.81. The highest BCUT2D eigenvalue weighted by Crippen LogP contribution is 2.36. The summed E-state index contributed by atoms with van der Waals surface area (Å²) >= 11 is 0. The highest BCUT2D eigenvalue weighted by atomic mass is 16.7. The van der Waals surface area contributed by atoms with Crippen molar-refractivity contribution in [2.75, 3.05) is 7.05 Å². The van der Waals surface area contributed by atoms with Crippen LogP contribution in [-0.2, 0) is 15.9 Å². The van der Waals surface area contributed by atoms with Crippen molar-refractivity contribution in [3.8, 4) is 0 Å². The number of pyridine rings is 1. The highest BCUT2D eigenvalue weighted by Gasteiger charge is 2.49. The Balaban J connectivity index is 2.00. The smallest absolute Gasteiger partial charge is 0.400 e. The van der Waals surface area contributed by atoms with Gasteiger partial charge in [0.25, 0.3) is 0 Å². The largest absolute Gasteiger partial charge is 0.487 e. The summed E-state index contributed by atoms with van der Waals surface area (Å²) < 4.78 is 11.8. The van der Waals surface area contributed by atoms with E-state index in [1.54, 1.807) is 0 Å². The van der Waals surface area contributed by atoms with Crippen LogP contribution in [0.15, 0.2) is 24.3 Å².